The Balaban J connectivity index is 2.19. The Kier molecular flexibility index (Phi) is 5.65. The first kappa shape index (κ1) is 20.2. The summed E-state index contributed by atoms with van der Waals surface area (Å²) in [5.41, 5.74) is 0.341. The molecule has 0 unspecified atom stereocenters. The number of aromatic nitrogens is 1. The van der Waals surface area contributed by atoms with Gasteiger partial charge >= 0.3 is 12.1 Å². The van der Waals surface area contributed by atoms with E-state index in [0.717, 1.165) is 6.07 Å². The fraction of sp³-hybridized carbons (Fsp3) is 0.300. The third-order valence-electron chi connectivity index (χ3n) is 4.45. The van der Waals surface area contributed by atoms with Crippen LogP contribution in [0.25, 0.3) is 11.1 Å². The predicted molar refractivity (Wildman–Crippen MR) is 99.0 cm³/mol. The minimum Gasteiger partial charge on any atom is -0.507 e. The first-order valence-electron chi connectivity index (χ1n) is 8.68. The van der Waals surface area contributed by atoms with Crippen molar-refractivity contribution in [2.75, 3.05) is 6.61 Å². The maximum Gasteiger partial charge on any atom is 0.416 e. The summed E-state index contributed by atoms with van der Waals surface area (Å²) in [6.45, 7) is 1.59. The molecule has 28 heavy (non-hydrogen) atoms. The monoisotopic (exact) mass is 411 g/mol. The summed E-state index contributed by atoms with van der Waals surface area (Å²) in [5, 5.41) is 10.6. The SMILES string of the molecule is CCOC(=O)c1cc(C(F)(F)F)cc(C2=C(c3cc(Cl)ccc3O)CCC2)n1. The van der Waals surface area contributed by atoms with Gasteiger partial charge in [0.05, 0.1) is 17.9 Å². The van der Waals surface area contributed by atoms with E-state index in [1.807, 2.05) is 0 Å². The van der Waals surface area contributed by atoms with Crippen molar-refractivity contribution in [3.8, 4) is 5.75 Å². The lowest BCUT2D eigenvalue weighted by Crippen LogP contribution is -2.13. The summed E-state index contributed by atoms with van der Waals surface area (Å²) < 4.78 is 44.9. The number of benzene rings is 1. The van der Waals surface area contributed by atoms with E-state index in [9.17, 15) is 23.1 Å². The van der Waals surface area contributed by atoms with Crippen LogP contribution in [0.15, 0.2) is 30.3 Å². The van der Waals surface area contributed by atoms with Crippen LogP contribution in [0.2, 0.25) is 5.02 Å². The van der Waals surface area contributed by atoms with E-state index in [0.29, 0.717) is 47.1 Å². The highest BCUT2D eigenvalue weighted by molar-refractivity contribution is 6.30. The van der Waals surface area contributed by atoms with Gasteiger partial charge in [-0.2, -0.15) is 13.2 Å². The zero-order chi connectivity index (χ0) is 20.5. The summed E-state index contributed by atoms with van der Waals surface area (Å²) >= 11 is 6.02. The molecule has 1 aliphatic rings. The molecule has 1 aliphatic carbocycles. The lowest BCUT2D eigenvalue weighted by molar-refractivity contribution is -0.137. The molecule has 0 saturated carbocycles. The molecular weight excluding hydrogens is 395 g/mol. The molecule has 1 aromatic carbocycles. The van der Waals surface area contributed by atoms with Gasteiger partial charge in [0.2, 0.25) is 0 Å². The van der Waals surface area contributed by atoms with Crippen molar-refractivity contribution in [2.24, 2.45) is 0 Å². The minimum absolute atomic E-state index is 0.0172. The van der Waals surface area contributed by atoms with Gasteiger partial charge in [0.1, 0.15) is 11.4 Å². The number of allylic oxidation sites excluding steroid dienone is 2. The largest absolute Gasteiger partial charge is 0.507 e. The highest BCUT2D eigenvalue weighted by Gasteiger charge is 2.33. The van der Waals surface area contributed by atoms with E-state index in [2.05, 4.69) is 4.98 Å². The van der Waals surface area contributed by atoms with E-state index < -0.39 is 23.4 Å². The van der Waals surface area contributed by atoms with E-state index in [-0.39, 0.29) is 18.1 Å². The van der Waals surface area contributed by atoms with Gasteiger partial charge in [-0.25, -0.2) is 9.78 Å². The third kappa shape index (κ3) is 4.14. The van der Waals surface area contributed by atoms with E-state index in [1.165, 1.54) is 12.1 Å². The molecule has 1 aromatic heterocycles. The fourth-order valence-corrected chi connectivity index (χ4v) is 3.40. The van der Waals surface area contributed by atoms with Crippen LogP contribution in [0, 0.1) is 0 Å². The first-order chi connectivity index (χ1) is 13.2. The van der Waals surface area contributed by atoms with Crippen LogP contribution < -0.4 is 0 Å². The molecule has 2 aromatic rings. The number of phenols is 1. The molecule has 0 atom stereocenters. The van der Waals surface area contributed by atoms with Crippen molar-refractivity contribution in [1.82, 2.24) is 4.98 Å². The van der Waals surface area contributed by atoms with Crippen LogP contribution in [0.3, 0.4) is 0 Å². The Morgan fingerprint density at radius 3 is 2.61 bits per heavy atom. The van der Waals surface area contributed by atoms with Crippen molar-refractivity contribution in [1.29, 1.82) is 0 Å². The molecule has 0 radical (unpaired) electrons. The highest BCUT2D eigenvalue weighted by atomic mass is 35.5. The number of hydrogen-bond acceptors (Lipinski definition) is 4. The predicted octanol–water partition coefficient (Wildman–Crippen LogP) is 5.73. The van der Waals surface area contributed by atoms with Crippen molar-refractivity contribution in [3.05, 3.63) is 57.9 Å². The Bertz CT molecular complexity index is 954. The summed E-state index contributed by atoms with van der Waals surface area (Å²) in [7, 11) is 0. The average molecular weight is 412 g/mol. The molecule has 0 amide bonds. The molecule has 1 heterocycles. The number of esters is 1. The molecule has 4 nitrogen and oxygen atoms in total. The second-order valence-electron chi connectivity index (χ2n) is 6.32. The van der Waals surface area contributed by atoms with Gasteiger partial charge in [-0.05, 0) is 67.7 Å². The Morgan fingerprint density at radius 1 is 1.21 bits per heavy atom. The number of carbonyl (C=O) groups excluding carboxylic acids is 1. The Morgan fingerprint density at radius 2 is 1.93 bits per heavy atom. The average Bonchev–Trinajstić information content (AvgIpc) is 3.12. The Labute approximate surface area is 164 Å². The molecule has 0 fully saturated rings. The number of pyridine rings is 1. The van der Waals surface area contributed by atoms with Gasteiger partial charge in [0, 0.05) is 10.6 Å². The summed E-state index contributed by atoms with van der Waals surface area (Å²) in [6.07, 6.45) is -2.94. The van der Waals surface area contributed by atoms with Crippen LogP contribution >= 0.6 is 11.6 Å². The molecule has 148 valence electrons. The number of carbonyl (C=O) groups is 1. The lowest BCUT2D eigenvalue weighted by atomic mass is 9.98. The van der Waals surface area contributed by atoms with E-state index >= 15 is 0 Å². The summed E-state index contributed by atoms with van der Waals surface area (Å²) in [6, 6.07) is 6.14. The number of alkyl halides is 3. The normalized spacial score (nSPS) is 14.5. The molecule has 0 aliphatic heterocycles. The summed E-state index contributed by atoms with van der Waals surface area (Å²) in [5.74, 6) is -0.933. The van der Waals surface area contributed by atoms with Crippen LogP contribution in [0.4, 0.5) is 13.2 Å². The van der Waals surface area contributed by atoms with E-state index in [1.54, 1.807) is 13.0 Å². The quantitative estimate of drug-likeness (QED) is 0.652. The second-order valence-corrected chi connectivity index (χ2v) is 6.75. The van der Waals surface area contributed by atoms with Gasteiger partial charge in [-0.3, -0.25) is 0 Å². The van der Waals surface area contributed by atoms with Crippen molar-refractivity contribution in [2.45, 2.75) is 32.4 Å². The minimum atomic E-state index is -4.64. The number of ether oxygens (including phenoxy) is 1. The van der Waals surface area contributed by atoms with E-state index in [4.69, 9.17) is 16.3 Å². The van der Waals surface area contributed by atoms with Gasteiger partial charge in [0.15, 0.2) is 0 Å². The fourth-order valence-electron chi connectivity index (χ4n) is 3.23. The van der Waals surface area contributed by atoms with Crippen LogP contribution in [-0.2, 0) is 10.9 Å². The number of hydrogen-bond donors (Lipinski definition) is 1. The standard InChI is InChI=1S/C20H17ClF3NO3/c1-2-28-19(27)17-9-11(20(22,23)24)8-16(25-17)14-5-3-4-13(14)15-10-12(21)6-7-18(15)26/h6-10,26H,2-5H2,1H3. The van der Waals surface area contributed by atoms with Gasteiger partial charge in [0.25, 0.3) is 0 Å². The Hall–Kier alpha value is -2.54. The van der Waals surface area contributed by atoms with Gasteiger partial charge < -0.3 is 9.84 Å². The smallest absolute Gasteiger partial charge is 0.416 e. The van der Waals surface area contributed by atoms with Gasteiger partial charge in [-0.15, -0.1) is 0 Å². The number of nitrogens with zero attached hydrogens (tertiary/aromatic N) is 1. The van der Waals surface area contributed by atoms with Gasteiger partial charge in [-0.1, -0.05) is 11.6 Å². The molecule has 0 saturated heterocycles. The topological polar surface area (TPSA) is 59.4 Å². The molecule has 0 bridgehead atoms. The van der Waals surface area contributed by atoms with Crippen LogP contribution in [0.1, 0.15) is 53.5 Å². The molecule has 0 spiro atoms. The van der Waals surface area contributed by atoms with Crippen LogP contribution in [0.5, 0.6) is 5.75 Å². The maximum absolute atomic E-state index is 13.4. The number of aromatic hydroxyl groups is 1. The van der Waals surface area contributed by atoms with Crippen molar-refractivity contribution < 1.29 is 27.8 Å². The number of halogens is 4. The van der Waals surface area contributed by atoms with Crippen molar-refractivity contribution in [3.63, 3.8) is 0 Å². The third-order valence-corrected chi connectivity index (χ3v) is 4.68. The first-order valence-corrected chi connectivity index (χ1v) is 9.06. The molecule has 3 rings (SSSR count). The second kappa shape index (κ2) is 7.83. The highest BCUT2D eigenvalue weighted by Crippen LogP contribution is 2.43. The zero-order valence-electron chi connectivity index (χ0n) is 14.9. The van der Waals surface area contributed by atoms with Crippen molar-refractivity contribution >= 4 is 28.7 Å². The summed E-state index contributed by atoms with van der Waals surface area (Å²) in [4.78, 5) is 16.1. The molecule has 1 N–H and O–H groups in total. The molecule has 8 heteroatoms. The molecular formula is C20H17ClF3NO3. The zero-order valence-corrected chi connectivity index (χ0v) is 15.7. The maximum atomic E-state index is 13.4. The number of phenolic OH excluding ortho intramolecular Hbond substituents is 1. The number of rotatable bonds is 4. The van der Waals surface area contributed by atoms with Crippen LogP contribution in [-0.4, -0.2) is 22.7 Å². The lowest BCUT2D eigenvalue weighted by Gasteiger charge is -2.14.